The number of halogens is 3. The van der Waals surface area contributed by atoms with Crippen molar-refractivity contribution < 1.29 is 9.21 Å². The van der Waals surface area contributed by atoms with Crippen LogP contribution in [0.5, 0.6) is 0 Å². The molecule has 0 unspecified atom stereocenters. The van der Waals surface area contributed by atoms with Gasteiger partial charge < -0.3 is 15.5 Å². The molecular weight excluding hydrogens is 495 g/mol. The number of carbonyl (C=O) groups excluding carboxylic acids is 1. The second kappa shape index (κ2) is 8.33. The first-order valence-corrected chi connectivity index (χ1v) is 9.90. The Bertz CT molecular complexity index is 1020. The van der Waals surface area contributed by atoms with Gasteiger partial charge in [0.25, 0.3) is 0 Å². The quantitative estimate of drug-likeness (QED) is 0.304. The summed E-state index contributed by atoms with van der Waals surface area (Å²) in [5.74, 6) is 0.972. The Morgan fingerprint density at radius 2 is 1.93 bits per heavy atom. The van der Waals surface area contributed by atoms with E-state index in [1.807, 2.05) is 19.1 Å². The van der Waals surface area contributed by atoms with Crippen LogP contribution in [0.25, 0.3) is 17.4 Å². The van der Waals surface area contributed by atoms with Crippen LogP contribution >= 0.6 is 43.5 Å². The Balaban J connectivity index is 1.73. The fourth-order valence-electron chi connectivity index (χ4n) is 2.53. The Kier molecular flexibility index (Phi) is 6.09. The maximum Gasteiger partial charge on any atom is 0.248 e. The topological polar surface area (TPSA) is 68.3 Å². The lowest BCUT2D eigenvalue weighted by Gasteiger charge is -2.10. The number of nitrogens with one attached hydrogen (secondary N) is 1. The summed E-state index contributed by atoms with van der Waals surface area (Å²) >= 11 is 12.8. The molecule has 3 rings (SSSR count). The van der Waals surface area contributed by atoms with Crippen LogP contribution in [0.15, 0.2) is 61.9 Å². The third-order valence-electron chi connectivity index (χ3n) is 3.78. The molecule has 1 aromatic heterocycles. The average molecular weight is 511 g/mol. The van der Waals surface area contributed by atoms with Gasteiger partial charge in [-0.1, -0.05) is 11.6 Å². The van der Waals surface area contributed by atoms with Crippen LogP contribution in [-0.2, 0) is 4.79 Å². The van der Waals surface area contributed by atoms with E-state index in [-0.39, 0.29) is 5.91 Å². The molecule has 3 aromatic rings. The summed E-state index contributed by atoms with van der Waals surface area (Å²) in [5, 5.41) is 3.47. The number of hydrogen-bond acceptors (Lipinski definition) is 3. The summed E-state index contributed by atoms with van der Waals surface area (Å²) in [4.78, 5) is 12.2. The van der Waals surface area contributed by atoms with Crippen LogP contribution in [0.3, 0.4) is 0 Å². The Morgan fingerprint density at radius 1 is 1.15 bits per heavy atom. The normalized spacial score (nSPS) is 11.1. The van der Waals surface area contributed by atoms with Gasteiger partial charge in [-0.15, -0.1) is 0 Å². The molecule has 0 fully saturated rings. The van der Waals surface area contributed by atoms with Crippen LogP contribution in [-0.4, -0.2) is 5.91 Å². The van der Waals surface area contributed by atoms with E-state index in [1.54, 1.807) is 36.4 Å². The van der Waals surface area contributed by atoms with Gasteiger partial charge in [0, 0.05) is 31.3 Å². The van der Waals surface area contributed by atoms with Gasteiger partial charge in [0.05, 0.1) is 5.69 Å². The molecule has 3 N–H and O–H groups in total. The van der Waals surface area contributed by atoms with E-state index in [9.17, 15) is 4.79 Å². The largest absolute Gasteiger partial charge is 0.457 e. The smallest absolute Gasteiger partial charge is 0.248 e. The average Bonchev–Trinajstić information content (AvgIpc) is 3.05. The van der Waals surface area contributed by atoms with E-state index in [2.05, 4.69) is 37.2 Å². The molecule has 0 aliphatic heterocycles. The maximum absolute atomic E-state index is 12.2. The molecule has 0 spiro atoms. The molecule has 0 saturated heterocycles. The van der Waals surface area contributed by atoms with E-state index >= 15 is 0 Å². The molecule has 0 atom stereocenters. The highest BCUT2D eigenvalue weighted by Gasteiger charge is 2.10. The molecule has 2 aromatic carbocycles. The molecule has 0 aliphatic rings. The SMILES string of the molecule is Cc1cc(N)cc(Br)c1NC(=O)/C=C/c1ccc(-c2ccc(Cl)cc2Br)o1. The number of rotatable bonds is 4. The number of nitrogens with two attached hydrogens (primary N) is 1. The van der Waals surface area contributed by atoms with Crippen LogP contribution in [0.4, 0.5) is 11.4 Å². The van der Waals surface area contributed by atoms with Gasteiger partial charge in [-0.05, 0) is 92.9 Å². The molecular formula is C20H15Br2ClN2O2. The summed E-state index contributed by atoms with van der Waals surface area (Å²) in [6.07, 6.45) is 3.03. The zero-order chi connectivity index (χ0) is 19.6. The minimum absolute atomic E-state index is 0.269. The van der Waals surface area contributed by atoms with Crippen LogP contribution in [0.2, 0.25) is 5.02 Å². The molecule has 27 heavy (non-hydrogen) atoms. The fraction of sp³-hybridized carbons (Fsp3) is 0.0500. The van der Waals surface area contributed by atoms with Gasteiger partial charge in [0.1, 0.15) is 11.5 Å². The molecule has 0 saturated carbocycles. The molecule has 0 radical (unpaired) electrons. The number of benzene rings is 2. The monoisotopic (exact) mass is 508 g/mol. The van der Waals surface area contributed by atoms with Gasteiger partial charge in [0.2, 0.25) is 5.91 Å². The molecule has 1 heterocycles. The first-order chi connectivity index (χ1) is 12.8. The van der Waals surface area contributed by atoms with Gasteiger partial charge in [0.15, 0.2) is 0 Å². The lowest BCUT2D eigenvalue weighted by Crippen LogP contribution is -2.09. The summed E-state index contributed by atoms with van der Waals surface area (Å²) in [5.41, 5.74) is 8.85. The Morgan fingerprint density at radius 3 is 2.63 bits per heavy atom. The van der Waals surface area contributed by atoms with E-state index < -0.39 is 0 Å². The summed E-state index contributed by atoms with van der Waals surface area (Å²) < 4.78 is 7.35. The lowest BCUT2D eigenvalue weighted by molar-refractivity contribution is -0.111. The Hall–Kier alpha value is -2.02. The predicted molar refractivity (Wildman–Crippen MR) is 118 cm³/mol. The molecule has 0 aliphatic carbocycles. The van der Waals surface area contributed by atoms with E-state index in [1.165, 1.54) is 6.08 Å². The molecule has 4 nitrogen and oxygen atoms in total. The maximum atomic E-state index is 12.2. The van der Waals surface area contributed by atoms with Crippen molar-refractivity contribution >= 4 is 66.8 Å². The van der Waals surface area contributed by atoms with E-state index in [0.717, 1.165) is 20.1 Å². The number of anilines is 2. The third kappa shape index (κ3) is 4.83. The van der Waals surface area contributed by atoms with Crippen molar-refractivity contribution in [3.8, 4) is 11.3 Å². The first kappa shape index (κ1) is 19.7. The van der Waals surface area contributed by atoms with Gasteiger partial charge >= 0.3 is 0 Å². The van der Waals surface area contributed by atoms with Crippen molar-refractivity contribution in [2.24, 2.45) is 0 Å². The van der Waals surface area contributed by atoms with Gasteiger partial charge in [-0.3, -0.25) is 4.79 Å². The summed E-state index contributed by atoms with van der Waals surface area (Å²) in [7, 11) is 0. The van der Waals surface area contributed by atoms with Crippen molar-refractivity contribution in [1.82, 2.24) is 0 Å². The fourth-order valence-corrected chi connectivity index (χ4v) is 4.08. The summed E-state index contributed by atoms with van der Waals surface area (Å²) in [6, 6.07) is 12.6. The Labute approximate surface area is 178 Å². The second-order valence-electron chi connectivity index (χ2n) is 5.84. The number of carbonyl (C=O) groups is 1. The predicted octanol–water partition coefficient (Wildman–Crippen LogP) is 6.67. The number of nitrogen functional groups attached to an aromatic ring is 1. The van der Waals surface area contributed by atoms with E-state index in [4.69, 9.17) is 21.8 Å². The molecule has 7 heteroatoms. The van der Waals surface area contributed by atoms with Crippen molar-refractivity contribution in [3.63, 3.8) is 0 Å². The highest BCUT2D eigenvalue weighted by molar-refractivity contribution is 9.11. The van der Waals surface area contributed by atoms with Crippen molar-refractivity contribution in [2.75, 3.05) is 11.1 Å². The minimum Gasteiger partial charge on any atom is -0.457 e. The summed E-state index contributed by atoms with van der Waals surface area (Å²) in [6.45, 7) is 1.88. The van der Waals surface area contributed by atoms with Crippen molar-refractivity contribution in [3.05, 3.63) is 73.8 Å². The molecule has 138 valence electrons. The zero-order valence-electron chi connectivity index (χ0n) is 14.2. The van der Waals surface area contributed by atoms with E-state index in [0.29, 0.717) is 27.9 Å². The van der Waals surface area contributed by atoms with Crippen molar-refractivity contribution in [2.45, 2.75) is 6.92 Å². The standard InChI is InChI=1S/C20H15Br2ClN2O2/c1-11-8-13(24)10-17(22)20(11)25-19(26)7-4-14-3-6-18(27-14)15-5-2-12(23)9-16(15)21/h2-10H,24H2,1H3,(H,25,26)/b7-4+. The molecule has 0 bridgehead atoms. The first-order valence-electron chi connectivity index (χ1n) is 7.93. The van der Waals surface area contributed by atoms with Gasteiger partial charge in [-0.25, -0.2) is 0 Å². The van der Waals surface area contributed by atoms with Crippen molar-refractivity contribution in [1.29, 1.82) is 0 Å². The van der Waals surface area contributed by atoms with Crippen LogP contribution in [0, 0.1) is 6.92 Å². The third-order valence-corrected chi connectivity index (χ3v) is 5.30. The number of furan rings is 1. The highest BCUT2D eigenvalue weighted by atomic mass is 79.9. The van der Waals surface area contributed by atoms with Gasteiger partial charge in [-0.2, -0.15) is 0 Å². The molecule has 1 amide bonds. The lowest BCUT2D eigenvalue weighted by atomic mass is 10.2. The number of amides is 1. The van der Waals surface area contributed by atoms with Crippen LogP contribution < -0.4 is 11.1 Å². The minimum atomic E-state index is -0.269. The number of hydrogen-bond donors (Lipinski definition) is 2. The highest BCUT2D eigenvalue weighted by Crippen LogP contribution is 2.32. The second-order valence-corrected chi connectivity index (χ2v) is 7.99. The van der Waals surface area contributed by atoms with Crippen LogP contribution in [0.1, 0.15) is 11.3 Å². The zero-order valence-corrected chi connectivity index (χ0v) is 18.2. The number of aryl methyl sites for hydroxylation is 1.